The summed E-state index contributed by atoms with van der Waals surface area (Å²) in [7, 11) is 0. The van der Waals surface area contributed by atoms with E-state index in [0.29, 0.717) is 6.61 Å². The molecule has 134 valence electrons. The Kier molecular flexibility index (Phi) is 6.62. The molecule has 3 nitrogen and oxygen atoms in total. The summed E-state index contributed by atoms with van der Waals surface area (Å²) in [5, 5.41) is 10.5. The average molecular weight is 340 g/mol. The minimum atomic E-state index is -0.421. The maximum absolute atomic E-state index is 10.5. The number of hydrogen-bond donors (Lipinski definition) is 2. The van der Waals surface area contributed by atoms with Crippen LogP contribution in [0.4, 0.5) is 0 Å². The SMILES string of the molecule is C[C@@H]1CCC[NH+](C[C@H](O)COC(c2ccccc2)c2ccccc2)C1. The zero-order valence-corrected chi connectivity index (χ0v) is 15.1. The van der Waals surface area contributed by atoms with Crippen LogP contribution in [0.2, 0.25) is 0 Å². The first-order valence-corrected chi connectivity index (χ1v) is 9.45. The molecule has 1 aliphatic heterocycles. The van der Waals surface area contributed by atoms with Crippen LogP contribution in [0.5, 0.6) is 0 Å². The van der Waals surface area contributed by atoms with Crippen LogP contribution >= 0.6 is 0 Å². The van der Waals surface area contributed by atoms with Gasteiger partial charge in [-0.2, -0.15) is 0 Å². The highest BCUT2D eigenvalue weighted by Crippen LogP contribution is 2.25. The second kappa shape index (κ2) is 9.14. The largest absolute Gasteiger partial charge is 0.385 e. The summed E-state index contributed by atoms with van der Waals surface area (Å²) in [6.07, 6.45) is 2.03. The lowest BCUT2D eigenvalue weighted by Crippen LogP contribution is -3.14. The van der Waals surface area contributed by atoms with Crippen molar-refractivity contribution in [2.24, 2.45) is 5.92 Å². The van der Waals surface area contributed by atoms with Crippen molar-refractivity contribution in [2.45, 2.75) is 32.0 Å². The lowest BCUT2D eigenvalue weighted by molar-refractivity contribution is -0.911. The quantitative estimate of drug-likeness (QED) is 0.812. The molecule has 1 fully saturated rings. The minimum Gasteiger partial charge on any atom is -0.385 e. The van der Waals surface area contributed by atoms with Gasteiger partial charge in [0.05, 0.1) is 19.7 Å². The first kappa shape index (κ1) is 18.1. The highest BCUT2D eigenvalue weighted by molar-refractivity contribution is 5.29. The Morgan fingerprint density at radius 3 is 2.20 bits per heavy atom. The summed E-state index contributed by atoms with van der Waals surface area (Å²) in [5.41, 5.74) is 2.25. The van der Waals surface area contributed by atoms with Crippen molar-refractivity contribution < 1.29 is 14.7 Å². The number of benzene rings is 2. The van der Waals surface area contributed by atoms with Crippen LogP contribution in [0, 0.1) is 5.92 Å². The zero-order chi connectivity index (χ0) is 17.5. The van der Waals surface area contributed by atoms with Gasteiger partial charge in [-0.3, -0.25) is 0 Å². The molecule has 3 rings (SSSR count). The fourth-order valence-corrected chi connectivity index (χ4v) is 3.82. The van der Waals surface area contributed by atoms with Crippen LogP contribution in [0.15, 0.2) is 60.7 Å². The minimum absolute atomic E-state index is 0.132. The molecule has 0 spiro atoms. The first-order valence-electron chi connectivity index (χ1n) is 9.45. The van der Waals surface area contributed by atoms with E-state index in [1.165, 1.54) is 24.3 Å². The monoisotopic (exact) mass is 340 g/mol. The van der Waals surface area contributed by atoms with Crippen LogP contribution < -0.4 is 4.90 Å². The molecule has 2 aromatic rings. The van der Waals surface area contributed by atoms with E-state index in [9.17, 15) is 5.11 Å². The van der Waals surface area contributed by atoms with Crippen molar-refractivity contribution in [3.63, 3.8) is 0 Å². The molecule has 0 aliphatic carbocycles. The van der Waals surface area contributed by atoms with Crippen LogP contribution in [0.25, 0.3) is 0 Å². The number of hydrogen-bond acceptors (Lipinski definition) is 2. The van der Waals surface area contributed by atoms with Crippen LogP contribution in [-0.4, -0.2) is 37.5 Å². The topological polar surface area (TPSA) is 33.9 Å². The highest BCUT2D eigenvalue weighted by Gasteiger charge is 2.23. The van der Waals surface area contributed by atoms with Gasteiger partial charge in [-0.05, 0) is 24.0 Å². The molecule has 0 bridgehead atoms. The molecule has 1 aliphatic rings. The number of piperidine rings is 1. The van der Waals surface area contributed by atoms with Gasteiger partial charge < -0.3 is 14.7 Å². The van der Waals surface area contributed by atoms with Gasteiger partial charge in [0.25, 0.3) is 0 Å². The van der Waals surface area contributed by atoms with E-state index in [4.69, 9.17) is 4.74 Å². The standard InChI is InChI=1S/C22H29NO2/c1-18-9-8-14-23(15-18)16-21(24)17-25-22(19-10-4-2-5-11-19)20-12-6-3-7-13-20/h2-7,10-13,18,21-22,24H,8-9,14-17H2,1H3/p+1/t18-,21+/m1/s1. The maximum Gasteiger partial charge on any atom is 0.126 e. The summed E-state index contributed by atoms with van der Waals surface area (Å²) < 4.78 is 6.18. The summed E-state index contributed by atoms with van der Waals surface area (Å²) in [6.45, 7) is 5.79. The van der Waals surface area contributed by atoms with E-state index in [1.54, 1.807) is 0 Å². The second-order valence-electron chi connectivity index (χ2n) is 7.34. The van der Waals surface area contributed by atoms with Crippen LogP contribution in [0.1, 0.15) is 37.0 Å². The van der Waals surface area contributed by atoms with E-state index >= 15 is 0 Å². The Labute approximate surface area is 151 Å². The van der Waals surface area contributed by atoms with Gasteiger partial charge in [0, 0.05) is 5.92 Å². The summed E-state index contributed by atoms with van der Waals surface area (Å²) in [6, 6.07) is 20.5. The number of ether oxygens (including phenoxy) is 1. The van der Waals surface area contributed by atoms with Gasteiger partial charge in [-0.25, -0.2) is 0 Å². The predicted octanol–water partition coefficient (Wildman–Crippen LogP) is 2.47. The van der Waals surface area contributed by atoms with Gasteiger partial charge in [0.2, 0.25) is 0 Å². The number of nitrogens with one attached hydrogen (secondary N) is 1. The average Bonchev–Trinajstić information content (AvgIpc) is 2.64. The molecule has 0 aromatic heterocycles. The molecule has 25 heavy (non-hydrogen) atoms. The Balaban J connectivity index is 1.61. The van der Waals surface area contributed by atoms with Crippen LogP contribution in [0.3, 0.4) is 0 Å². The molecule has 2 aromatic carbocycles. The number of aliphatic hydroxyl groups excluding tert-OH is 1. The molecule has 0 amide bonds. The highest BCUT2D eigenvalue weighted by atomic mass is 16.5. The Morgan fingerprint density at radius 2 is 1.64 bits per heavy atom. The third-order valence-corrected chi connectivity index (χ3v) is 5.05. The molecule has 3 heteroatoms. The van der Waals surface area contributed by atoms with E-state index in [0.717, 1.165) is 30.1 Å². The number of quaternary nitrogens is 1. The Hall–Kier alpha value is -1.68. The normalized spacial score (nSPS) is 22.0. The number of rotatable bonds is 7. The lowest BCUT2D eigenvalue weighted by atomic mass is 10.00. The van der Waals surface area contributed by atoms with E-state index in [2.05, 4.69) is 31.2 Å². The zero-order valence-electron chi connectivity index (χ0n) is 15.1. The predicted molar refractivity (Wildman–Crippen MR) is 101 cm³/mol. The molecule has 1 saturated heterocycles. The molecular formula is C22H30NO2+. The van der Waals surface area contributed by atoms with Gasteiger partial charge in [0.15, 0.2) is 0 Å². The third kappa shape index (κ3) is 5.40. The molecule has 0 saturated carbocycles. The van der Waals surface area contributed by atoms with Crippen molar-refractivity contribution in [2.75, 3.05) is 26.2 Å². The van der Waals surface area contributed by atoms with Crippen molar-refractivity contribution in [3.05, 3.63) is 71.8 Å². The van der Waals surface area contributed by atoms with Crippen LogP contribution in [-0.2, 0) is 4.74 Å². The molecular weight excluding hydrogens is 310 g/mol. The van der Waals surface area contributed by atoms with Crippen molar-refractivity contribution in [1.82, 2.24) is 0 Å². The van der Waals surface area contributed by atoms with Gasteiger partial charge in [0.1, 0.15) is 18.8 Å². The summed E-state index contributed by atoms with van der Waals surface area (Å²) >= 11 is 0. The molecule has 2 N–H and O–H groups in total. The summed E-state index contributed by atoms with van der Waals surface area (Å²) in [4.78, 5) is 1.51. The van der Waals surface area contributed by atoms with Gasteiger partial charge >= 0.3 is 0 Å². The van der Waals surface area contributed by atoms with Gasteiger partial charge in [-0.15, -0.1) is 0 Å². The Bertz CT molecular complexity index is 577. The third-order valence-electron chi connectivity index (χ3n) is 5.05. The molecule has 3 atom stereocenters. The molecule has 1 heterocycles. The fraction of sp³-hybridized carbons (Fsp3) is 0.455. The summed E-state index contributed by atoms with van der Waals surface area (Å²) in [5.74, 6) is 0.762. The van der Waals surface area contributed by atoms with Crippen molar-refractivity contribution in [1.29, 1.82) is 0 Å². The molecule has 1 unspecified atom stereocenters. The maximum atomic E-state index is 10.5. The van der Waals surface area contributed by atoms with Crippen molar-refractivity contribution in [3.8, 4) is 0 Å². The van der Waals surface area contributed by atoms with Gasteiger partial charge in [-0.1, -0.05) is 67.6 Å². The Morgan fingerprint density at radius 1 is 1.04 bits per heavy atom. The van der Waals surface area contributed by atoms with E-state index < -0.39 is 6.10 Å². The fourth-order valence-electron chi connectivity index (χ4n) is 3.82. The van der Waals surface area contributed by atoms with E-state index in [-0.39, 0.29) is 6.10 Å². The smallest absolute Gasteiger partial charge is 0.126 e. The second-order valence-corrected chi connectivity index (χ2v) is 7.34. The van der Waals surface area contributed by atoms with Crippen molar-refractivity contribution >= 4 is 0 Å². The number of aliphatic hydroxyl groups is 1. The molecule has 0 radical (unpaired) electrons. The number of likely N-dealkylation sites (tertiary alicyclic amines) is 1. The lowest BCUT2D eigenvalue weighted by Gasteiger charge is -2.29. The first-order chi connectivity index (χ1) is 12.2. The van der Waals surface area contributed by atoms with E-state index in [1.807, 2.05) is 36.4 Å².